The highest BCUT2D eigenvalue weighted by Gasteiger charge is 2.07. The number of nitrogens with two attached hydrogens (primary N) is 1. The number of carbonyl (C=O) groups is 1. The number of carbonyl (C=O) groups excluding carboxylic acids is 1. The van der Waals surface area contributed by atoms with Crippen molar-refractivity contribution >= 4 is 5.91 Å². The van der Waals surface area contributed by atoms with Crippen molar-refractivity contribution in [3.63, 3.8) is 0 Å². The summed E-state index contributed by atoms with van der Waals surface area (Å²) in [4.78, 5) is 10.5. The van der Waals surface area contributed by atoms with Gasteiger partial charge in [0.1, 0.15) is 5.82 Å². The highest BCUT2D eigenvalue weighted by Crippen LogP contribution is 2.19. The van der Waals surface area contributed by atoms with E-state index in [0.717, 1.165) is 0 Å². The van der Waals surface area contributed by atoms with Gasteiger partial charge in [-0.1, -0.05) is 12.1 Å². The van der Waals surface area contributed by atoms with Gasteiger partial charge in [0.2, 0.25) is 5.91 Å². The van der Waals surface area contributed by atoms with Crippen molar-refractivity contribution in [3.8, 4) is 0 Å². The van der Waals surface area contributed by atoms with Gasteiger partial charge in [-0.3, -0.25) is 4.79 Å². The second kappa shape index (κ2) is 5.46. The van der Waals surface area contributed by atoms with Gasteiger partial charge in [-0.2, -0.15) is 0 Å². The molecule has 4 heteroatoms. The third kappa shape index (κ3) is 4.08. The molecule has 0 fully saturated rings. The van der Waals surface area contributed by atoms with E-state index in [0.29, 0.717) is 18.4 Å². The van der Waals surface area contributed by atoms with Crippen LogP contribution in [0.4, 0.5) is 4.39 Å². The van der Waals surface area contributed by atoms with Gasteiger partial charge in [-0.05, 0) is 30.5 Å². The Kier molecular flexibility index (Phi) is 4.24. The topological polar surface area (TPSA) is 63.3 Å². The van der Waals surface area contributed by atoms with Crippen molar-refractivity contribution in [2.75, 3.05) is 0 Å². The van der Waals surface area contributed by atoms with Crippen LogP contribution in [0.1, 0.15) is 30.9 Å². The Balaban J connectivity index is 2.43. The minimum atomic E-state index is -0.662. The van der Waals surface area contributed by atoms with Crippen molar-refractivity contribution < 1.29 is 14.3 Å². The molecule has 1 amide bonds. The van der Waals surface area contributed by atoms with Crippen molar-refractivity contribution in [2.45, 2.75) is 25.4 Å². The molecular formula is C11H14FNO2. The smallest absolute Gasteiger partial charge is 0.217 e. The van der Waals surface area contributed by atoms with Crippen LogP contribution in [0.15, 0.2) is 24.3 Å². The van der Waals surface area contributed by atoms with E-state index in [2.05, 4.69) is 0 Å². The molecule has 1 atom stereocenters. The normalized spacial score (nSPS) is 12.4. The van der Waals surface area contributed by atoms with Crippen molar-refractivity contribution in [3.05, 3.63) is 35.6 Å². The molecule has 82 valence electrons. The van der Waals surface area contributed by atoms with E-state index in [9.17, 15) is 14.3 Å². The highest BCUT2D eigenvalue weighted by atomic mass is 19.1. The molecule has 0 unspecified atom stereocenters. The number of rotatable bonds is 5. The summed E-state index contributed by atoms with van der Waals surface area (Å²) in [6.07, 6.45) is 0.589. The molecule has 0 spiro atoms. The Morgan fingerprint density at radius 1 is 1.40 bits per heavy atom. The van der Waals surface area contributed by atoms with E-state index >= 15 is 0 Å². The van der Waals surface area contributed by atoms with Crippen LogP contribution < -0.4 is 5.73 Å². The third-order valence-corrected chi connectivity index (χ3v) is 2.16. The molecule has 0 saturated heterocycles. The number of primary amides is 1. The minimum Gasteiger partial charge on any atom is -0.388 e. The number of benzene rings is 1. The molecule has 0 aliphatic carbocycles. The first-order valence-electron chi connectivity index (χ1n) is 4.81. The molecule has 0 heterocycles. The van der Waals surface area contributed by atoms with Crippen LogP contribution in [0.2, 0.25) is 0 Å². The van der Waals surface area contributed by atoms with Gasteiger partial charge in [0.15, 0.2) is 0 Å². The minimum absolute atomic E-state index is 0.262. The number of hydrogen-bond donors (Lipinski definition) is 2. The molecule has 0 bridgehead atoms. The van der Waals surface area contributed by atoms with Crippen LogP contribution >= 0.6 is 0 Å². The average Bonchev–Trinajstić information content (AvgIpc) is 2.18. The molecule has 1 aromatic rings. The second-order valence-electron chi connectivity index (χ2n) is 3.43. The summed E-state index contributed by atoms with van der Waals surface area (Å²) in [6, 6.07) is 5.66. The molecule has 0 radical (unpaired) electrons. The van der Waals surface area contributed by atoms with Crippen LogP contribution in [0.5, 0.6) is 0 Å². The van der Waals surface area contributed by atoms with E-state index in [-0.39, 0.29) is 18.1 Å². The van der Waals surface area contributed by atoms with E-state index in [1.165, 1.54) is 24.3 Å². The zero-order valence-electron chi connectivity index (χ0n) is 8.32. The summed E-state index contributed by atoms with van der Waals surface area (Å²) >= 11 is 0. The van der Waals surface area contributed by atoms with Crippen molar-refractivity contribution in [1.29, 1.82) is 0 Å². The van der Waals surface area contributed by atoms with Crippen molar-refractivity contribution in [1.82, 2.24) is 0 Å². The van der Waals surface area contributed by atoms with E-state index < -0.39 is 6.10 Å². The molecule has 1 aromatic carbocycles. The van der Waals surface area contributed by atoms with Gasteiger partial charge in [-0.25, -0.2) is 4.39 Å². The maximum absolute atomic E-state index is 12.6. The fraction of sp³-hybridized carbons (Fsp3) is 0.364. The number of hydrogen-bond acceptors (Lipinski definition) is 2. The van der Waals surface area contributed by atoms with Crippen LogP contribution in [0.3, 0.4) is 0 Å². The first kappa shape index (κ1) is 11.7. The summed E-state index contributed by atoms with van der Waals surface area (Å²) in [5.74, 6) is -0.704. The van der Waals surface area contributed by atoms with Gasteiger partial charge in [-0.15, -0.1) is 0 Å². The van der Waals surface area contributed by atoms with Crippen LogP contribution in [0.25, 0.3) is 0 Å². The highest BCUT2D eigenvalue weighted by molar-refractivity contribution is 5.73. The standard InChI is InChI=1S/C11H14FNO2/c12-9-6-4-8(5-7-9)10(14)2-1-3-11(13)15/h4-7,10,14H,1-3H2,(H2,13,15)/t10-/m1/s1. The number of halogens is 1. The number of amides is 1. The Morgan fingerprint density at radius 2 is 2.00 bits per heavy atom. The zero-order chi connectivity index (χ0) is 11.3. The largest absolute Gasteiger partial charge is 0.388 e. The van der Waals surface area contributed by atoms with Crippen LogP contribution in [-0.4, -0.2) is 11.0 Å². The fourth-order valence-electron chi connectivity index (χ4n) is 1.32. The lowest BCUT2D eigenvalue weighted by atomic mass is 10.0. The van der Waals surface area contributed by atoms with Gasteiger partial charge >= 0.3 is 0 Å². The zero-order valence-corrected chi connectivity index (χ0v) is 8.32. The van der Waals surface area contributed by atoms with E-state index in [4.69, 9.17) is 5.73 Å². The predicted molar refractivity (Wildman–Crippen MR) is 54.4 cm³/mol. The number of aliphatic hydroxyl groups is 1. The summed E-state index contributed by atoms with van der Waals surface area (Å²) in [5, 5.41) is 9.65. The van der Waals surface area contributed by atoms with Crippen LogP contribution in [0, 0.1) is 5.82 Å². The average molecular weight is 211 g/mol. The van der Waals surface area contributed by atoms with E-state index in [1.54, 1.807) is 0 Å². The van der Waals surface area contributed by atoms with Gasteiger partial charge in [0, 0.05) is 6.42 Å². The first-order valence-corrected chi connectivity index (χ1v) is 4.81. The Labute approximate surface area is 87.7 Å². The van der Waals surface area contributed by atoms with E-state index in [1.807, 2.05) is 0 Å². The summed E-state index contributed by atoms with van der Waals surface area (Å²) < 4.78 is 12.6. The van der Waals surface area contributed by atoms with Crippen molar-refractivity contribution in [2.24, 2.45) is 5.73 Å². The maximum atomic E-state index is 12.6. The quantitative estimate of drug-likeness (QED) is 0.775. The van der Waals surface area contributed by atoms with Crippen LogP contribution in [-0.2, 0) is 4.79 Å². The molecule has 0 saturated carbocycles. The SMILES string of the molecule is NC(=O)CCC[C@@H](O)c1ccc(F)cc1. The third-order valence-electron chi connectivity index (χ3n) is 2.16. The summed E-state index contributed by atoms with van der Waals surface area (Å²) in [7, 11) is 0. The second-order valence-corrected chi connectivity index (χ2v) is 3.43. The molecule has 15 heavy (non-hydrogen) atoms. The summed E-state index contributed by atoms with van der Waals surface area (Å²) in [5.41, 5.74) is 5.62. The fourth-order valence-corrected chi connectivity index (χ4v) is 1.32. The summed E-state index contributed by atoms with van der Waals surface area (Å²) in [6.45, 7) is 0. The number of aliphatic hydroxyl groups excluding tert-OH is 1. The lowest BCUT2D eigenvalue weighted by Gasteiger charge is -2.09. The molecule has 1 rings (SSSR count). The van der Waals surface area contributed by atoms with Gasteiger partial charge < -0.3 is 10.8 Å². The Hall–Kier alpha value is -1.42. The molecule has 0 aliphatic rings. The Morgan fingerprint density at radius 3 is 2.53 bits per heavy atom. The first-order chi connectivity index (χ1) is 7.09. The maximum Gasteiger partial charge on any atom is 0.217 e. The molecule has 3 N–H and O–H groups in total. The molecule has 0 aliphatic heterocycles. The molecular weight excluding hydrogens is 197 g/mol. The lowest BCUT2D eigenvalue weighted by Crippen LogP contribution is -2.10. The monoisotopic (exact) mass is 211 g/mol. The Bertz CT molecular complexity index is 324. The predicted octanol–water partition coefficient (Wildman–Crippen LogP) is 1.51. The lowest BCUT2D eigenvalue weighted by molar-refractivity contribution is -0.118. The van der Waals surface area contributed by atoms with Gasteiger partial charge in [0.05, 0.1) is 6.10 Å². The molecule has 3 nitrogen and oxygen atoms in total. The molecule has 0 aromatic heterocycles. The van der Waals surface area contributed by atoms with Gasteiger partial charge in [0.25, 0.3) is 0 Å².